The number of carbonyl (C=O) groups is 1. The minimum atomic E-state index is -1.01. The van der Waals surface area contributed by atoms with E-state index in [1.54, 1.807) is 0 Å². The second-order valence-corrected chi connectivity index (χ2v) is 4.80. The van der Waals surface area contributed by atoms with E-state index in [0.29, 0.717) is 6.42 Å². The maximum Gasteiger partial charge on any atom is 0.309 e. The van der Waals surface area contributed by atoms with Crippen LogP contribution >= 0.6 is 0 Å². The lowest BCUT2D eigenvalue weighted by molar-refractivity contribution is -0.186. The second-order valence-electron chi connectivity index (χ2n) is 4.80. The molecule has 1 N–H and O–H groups in total. The van der Waals surface area contributed by atoms with E-state index in [2.05, 4.69) is 4.90 Å². The maximum absolute atomic E-state index is 11.2. The van der Waals surface area contributed by atoms with Gasteiger partial charge in [-0.25, -0.2) is 0 Å². The highest BCUT2D eigenvalue weighted by Crippen LogP contribution is 2.20. The van der Waals surface area contributed by atoms with Crippen molar-refractivity contribution in [1.29, 1.82) is 0 Å². The average Bonchev–Trinajstić information content (AvgIpc) is 2.81. The highest BCUT2D eigenvalue weighted by atomic mass is 16.6. The summed E-state index contributed by atoms with van der Waals surface area (Å²) in [5.74, 6) is -0.320. The first kappa shape index (κ1) is 11.5. The predicted molar refractivity (Wildman–Crippen MR) is 52.6 cm³/mol. The van der Waals surface area contributed by atoms with Crippen LogP contribution in [0, 0.1) is 5.41 Å². The Labute approximate surface area is 84.8 Å². The number of rotatable bonds is 4. The lowest BCUT2D eigenvalue weighted by Crippen LogP contribution is -2.31. The number of hydrogen-bond acceptors (Lipinski definition) is 4. The molecule has 0 aromatic rings. The van der Waals surface area contributed by atoms with Gasteiger partial charge in [0.25, 0.3) is 0 Å². The molecule has 0 aromatic heterocycles. The standard InChI is InChI=1S/C10H19NO3/c1-10(2,3)9(13)14-8(12)4-5-11-6-7-11/h9,13H,4-7H2,1-3H3. The predicted octanol–water partition coefficient (Wildman–Crippen LogP) is 0.600. The van der Waals surface area contributed by atoms with Crippen LogP contribution in [0.2, 0.25) is 0 Å². The average molecular weight is 201 g/mol. The molecule has 1 aliphatic heterocycles. The third kappa shape index (κ3) is 4.07. The van der Waals surface area contributed by atoms with Crippen molar-refractivity contribution in [2.75, 3.05) is 19.6 Å². The molecule has 1 unspecified atom stereocenters. The molecule has 1 aliphatic rings. The van der Waals surface area contributed by atoms with Crippen molar-refractivity contribution in [2.45, 2.75) is 33.5 Å². The Balaban J connectivity index is 2.18. The van der Waals surface area contributed by atoms with Crippen molar-refractivity contribution in [3.05, 3.63) is 0 Å². The Bertz CT molecular complexity index is 206. The minimum Gasteiger partial charge on any atom is -0.435 e. The lowest BCUT2D eigenvalue weighted by atomic mass is 9.96. The third-order valence-electron chi connectivity index (χ3n) is 2.16. The molecule has 1 heterocycles. The van der Waals surface area contributed by atoms with Crippen LogP contribution in [0.4, 0.5) is 0 Å². The molecule has 0 radical (unpaired) electrons. The molecular formula is C10H19NO3. The van der Waals surface area contributed by atoms with Crippen molar-refractivity contribution in [3.8, 4) is 0 Å². The van der Waals surface area contributed by atoms with Gasteiger partial charge in [-0.15, -0.1) is 0 Å². The van der Waals surface area contributed by atoms with Gasteiger partial charge in [0.05, 0.1) is 6.42 Å². The van der Waals surface area contributed by atoms with Gasteiger partial charge in [0.15, 0.2) is 0 Å². The van der Waals surface area contributed by atoms with Gasteiger partial charge in [0.2, 0.25) is 6.29 Å². The van der Waals surface area contributed by atoms with Crippen LogP contribution in [-0.4, -0.2) is 41.9 Å². The van der Waals surface area contributed by atoms with Crippen molar-refractivity contribution < 1.29 is 14.6 Å². The fraction of sp³-hybridized carbons (Fsp3) is 0.900. The molecule has 0 aromatic carbocycles. The monoisotopic (exact) mass is 201 g/mol. The lowest BCUT2D eigenvalue weighted by Gasteiger charge is -2.25. The molecule has 1 rings (SSSR count). The van der Waals surface area contributed by atoms with Crippen LogP contribution < -0.4 is 0 Å². The SMILES string of the molecule is CC(C)(C)C(O)OC(=O)CCN1CC1. The van der Waals surface area contributed by atoms with E-state index in [4.69, 9.17) is 4.74 Å². The van der Waals surface area contributed by atoms with Gasteiger partial charge in [-0.2, -0.15) is 0 Å². The van der Waals surface area contributed by atoms with E-state index in [0.717, 1.165) is 19.6 Å². The smallest absolute Gasteiger partial charge is 0.309 e. The first-order valence-corrected chi connectivity index (χ1v) is 4.99. The summed E-state index contributed by atoms with van der Waals surface area (Å²) in [5.41, 5.74) is -0.407. The van der Waals surface area contributed by atoms with E-state index in [1.807, 2.05) is 20.8 Å². The number of carbonyl (C=O) groups excluding carboxylic acids is 1. The zero-order chi connectivity index (χ0) is 10.8. The van der Waals surface area contributed by atoms with Crippen LogP contribution in [0.25, 0.3) is 0 Å². The summed E-state index contributed by atoms with van der Waals surface area (Å²) < 4.78 is 4.88. The Morgan fingerprint density at radius 1 is 1.50 bits per heavy atom. The highest BCUT2D eigenvalue weighted by molar-refractivity contribution is 5.69. The molecule has 4 heteroatoms. The number of nitrogens with zero attached hydrogens (tertiary/aromatic N) is 1. The van der Waals surface area contributed by atoms with Crippen LogP contribution in [0.15, 0.2) is 0 Å². The number of esters is 1. The fourth-order valence-electron chi connectivity index (χ4n) is 0.904. The molecule has 14 heavy (non-hydrogen) atoms. The minimum absolute atomic E-state index is 0.320. The molecular weight excluding hydrogens is 182 g/mol. The summed E-state index contributed by atoms with van der Waals surface area (Å²) >= 11 is 0. The Hall–Kier alpha value is -0.610. The molecule has 1 saturated heterocycles. The number of hydrogen-bond donors (Lipinski definition) is 1. The largest absolute Gasteiger partial charge is 0.435 e. The van der Waals surface area contributed by atoms with Crippen molar-refractivity contribution >= 4 is 5.97 Å². The Morgan fingerprint density at radius 2 is 2.07 bits per heavy atom. The van der Waals surface area contributed by atoms with Gasteiger partial charge in [-0.3, -0.25) is 4.79 Å². The van der Waals surface area contributed by atoms with E-state index in [1.165, 1.54) is 0 Å². The third-order valence-corrected chi connectivity index (χ3v) is 2.16. The first-order chi connectivity index (χ1) is 6.39. The van der Waals surface area contributed by atoms with Crippen LogP contribution in [0.3, 0.4) is 0 Å². The fourth-order valence-corrected chi connectivity index (χ4v) is 0.904. The zero-order valence-corrected chi connectivity index (χ0v) is 9.12. The van der Waals surface area contributed by atoms with E-state index in [-0.39, 0.29) is 5.97 Å². The summed E-state index contributed by atoms with van der Waals surface area (Å²) in [4.78, 5) is 13.4. The quantitative estimate of drug-likeness (QED) is 0.411. The van der Waals surface area contributed by atoms with Gasteiger partial charge in [0, 0.05) is 25.0 Å². The topological polar surface area (TPSA) is 49.5 Å². The van der Waals surface area contributed by atoms with Gasteiger partial charge >= 0.3 is 5.97 Å². The zero-order valence-electron chi connectivity index (χ0n) is 9.12. The number of ether oxygens (including phenoxy) is 1. The summed E-state index contributed by atoms with van der Waals surface area (Å²) in [6.07, 6.45) is -0.642. The van der Waals surface area contributed by atoms with Crippen molar-refractivity contribution in [1.82, 2.24) is 4.90 Å². The van der Waals surface area contributed by atoms with Gasteiger partial charge < -0.3 is 14.7 Å². The van der Waals surface area contributed by atoms with Gasteiger partial charge in [-0.1, -0.05) is 20.8 Å². The van der Waals surface area contributed by atoms with Crippen LogP contribution in [-0.2, 0) is 9.53 Å². The normalized spacial score (nSPS) is 19.1. The summed E-state index contributed by atoms with van der Waals surface area (Å²) in [6.45, 7) is 8.39. The Kier molecular flexibility index (Phi) is 3.50. The van der Waals surface area contributed by atoms with E-state index >= 15 is 0 Å². The highest BCUT2D eigenvalue weighted by Gasteiger charge is 2.26. The van der Waals surface area contributed by atoms with Crippen LogP contribution in [0.5, 0.6) is 0 Å². The van der Waals surface area contributed by atoms with Gasteiger partial charge in [-0.05, 0) is 0 Å². The number of aliphatic hydroxyl groups is 1. The molecule has 0 aliphatic carbocycles. The van der Waals surface area contributed by atoms with E-state index in [9.17, 15) is 9.90 Å². The molecule has 4 nitrogen and oxygen atoms in total. The summed E-state index contributed by atoms with van der Waals surface area (Å²) in [6, 6.07) is 0. The summed E-state index contributed by atoms with van der Waals surface area (Å²) in [5, 5.41) is 9.48. The molecule has 1 atom stereocenters. The first-order valence-electron chi connectivity index (χ1n) is 4.99. The van der Waals surface area contributed by atoms with Gasteiger partial charge in [0.1, 0.15) is 0 Å². The number of aliphatic hydroxyl groups excluding tert-OH is 1. The van der Waals surface area contributed by atoms with Crippen molar-refractivity contribution in [3.63, 3.8) is 0 Å². The second kappa shape index (κ2) is 4.28. The molecule has 0 amide bonds. The molecule has 0 saturated carbocycles. The molecule has 0 bridgehead atoms. The van der Waals surface area contributed by atoms with Crippen LogP contribution in [0.1, 0.15) is 27.2 Å². The molecule has 1 fully saturated rings. The summed E-state index contributed by atoms with van der Waals surface area (Å²) in [7, 11) is 0. The maximum atomic E-state index is 11.2. The Morgan fingerprint density at radius 3 is 2.50 bits per heavy atom. The molecule has 82 valence electrons. The molecule has 0 spiro atoms. The van der Waals surface area contributed by atoms with Crippen molar-refractivity contribution in [2.24, 2.45) is 5.41 Å². The van der Waals surface area contributed by atoms with E-state index < -0.39 is 11.7 Å².